The number of carbonyl (C=O) groups is 1. The third kappa shape index (κ3) is 5.17. The summed E-state index contributed by atoms with van der Waals surface area (Å²) < 4.78 is 5.40. The highest BCUT2D eigenvalue weighted by atomic mass is 35.5. The van der Waals surface area contributed by atoms with Crippen LogP contribution in [0.4, 0.5) is 0 Å². The molecule has 0 saturated heterocycles. The van der Waals surface area contributed by atoms with Crippen LogP contribution in [0.15, 0.2) is 48.1 Å². The number of thiazole rings is 1. The van der Waals surface area contributed by atoms with Gasteiger partial charge >= 0.3 is 0 Å². The molecule has 0 atom stereocenters. The largest absolute Gasteiger partial charge is 0.482 e. The van der Waals surface area contributed by atoms with Crippen molar-refractivity contribution < 1.29 is 9.53 Å². The highest BCUT2D eigenvalue weighted by Crippen LogP contribution is 2.27. The summed E-state index contributed by atoms with van der Waals surface area (Å²) in [5.41, 5.74) is 1.91. The molecule has 0 unspecified atom stereocenters. The number of hydrogen-bond acceptors (Lipinski definition) is 5. The summed E-state index contributed by atoms with van der Waals surface area (Å²) in [7, 11) is 0. The third-order valence-electron chi connectivity index (χ3n) is 3.42. The van der Waals surface area contributed by atoms with E-state index in [1.807, 2.05) is 17.5 Å². The number of ether oxygens (including phenoxy) is 1. The lowest BCUT2D eigenvalue weighted by atomic mass is 10.3. The maximum absolute atomic E-state index is 11.9. The summed E-state index contributed by atoms with van der Waals surface area (Å²) in [5, 5.41) is 6.59. The van der Waals surface area contributed by atoms with Gasteiger partial charge in [-0.2, -0.15) is 0 Å². The molecule has 0 aliphatic heterocycles. The number of nitrogens with one attached hydrogen (secondary N) is 1. The van der Waals surface area contributed by atoms with E-state index in [0.29, 0.717) is 28.8 Å². The number of aromatic nitrogens is 2. The Hall–Kier alpha value is -2.15. The van der Waals surface area contributed by atoms with E-state index in [1.165, 1.54) is 0 Å². The van der Waals surface area contributed by atoms with Gasteiger partial charge in [0.1, 0.15) is 10.8 Å². The number of carbonyl (C=O) groups excluding carboxylic acids is 1. The zero-order chi connectivity index (χ0) is 18.4. The van der Waals surface area contributed by atoms with Crippen molar-refractivity contribution in [1.82, 2.24) is 15.3 Å². The number of nitrogens with zero attached hydrogens (tertiary/aromatic N) is 2. The van der Waals surface area contributed by atoms with Crippen LogP contribution in [0.3, 0.4) is 0 Å². The predicted octanol–water partition coefficient (Wildman–Crippen LogP) is 4.25. The zero-order valence-corrected chi connectivity index (χ0v) is 15.9. The number of amides is 1. The highest BCUT2D eigenvalue weighted by molar-refractivity contribution is 7.13. The molecular formula is C18H15Cl2N3O2S. The molecule has 3 aromatic rings. The van der Waals surface area contributed by atoms with E-state index < -0.39 is 0 Å². The smallest absolute Gasteiger partial charge is 0.257 e. The minimum atomic E-state index is -0.223. The fourth-order valence-corrected chi connectivity index (χ4v) is 3.47. The number of rotatable bonds is 7. The maximum Gasteiger partial charge on any atom is 0.257 e. The van der Waals surface area contributed by atoms with Crippen molar-refractivity contribution in [3.63, 3.8) is 0 Å². The van der Waals surface area contributed by atoms with Crippen molar-refractivity contribution in [1.29, 1.82) is 0 Å². The van der Waals surface area contributed by atoms with Gasteiger partial charge in [-0.15, -0.1) is 11.3 Å². The predicted molar refractivity (Wildman–Crippen MR) is 104 cm³/mol. The zero-order valence-electron chi connectivity index (χ0n) is 13.6. The Balaban J connectivity index is 1.43. The van der Waals surface area contributed by atoms with Crippen molar-refractivity contribution in [3.8, 4) is 16.3 Å². The van der Waals surface area contributed by atoms with Gasteiger partial charge < -0.3 is 10.1 Å². The first-order chi connectivity index (χ1) is 12.6. The molecule has 1 N–H and O–H groups in total. The first-order valence-corrected chi connectivity index (χ1v) is 9.45. The SMILES string of the molecule is O=C(COc1ccc(Cl)cc1Cl)NCCc1csc(-c2cccnc2)n1. The lowest BCUT2D eigenvalue weighted by Gasteiger charge is -2.08. The molecule has 0 saturated carbocycles. The molecule has 0 radical (unpaired) electrons. The Kier molecular flexibility index (Phi) is 6.44. The van der Waals surface area contributed by atoms with Crippen LogP contribution in [0.25, 0.3) is 10.6 Å². The summed E-state index contributed by atoms with van der Waals surface area (Å²) >= 11 is 13.4. The van der Waals surface area contributed by atoms with E-state index >= 15 is 0 Å². The topological polar surface area (TPSA) is 64.1 Å². The van der Waals surface area contributed by atoms with Gasteiger partial charge in [-0.25, -0.2) is 4.98 Å². The van der Waals surface area contributed by atoms with E-state index in [0.717, 1.165) is 16.3 Å². The Morgan fingerprint density at radius 1 is 1.27 bits per heavy atom. The van der Waals surface area contributed by atoms with Crippen LogP contribution in [0.2, 0.25) is 10.0 Å². The minimum absolute atomic E-state index is 0.112. The molecule has 0 aliphatic carbocycles. The number of hydrogen-bond donors (Lipinski definition) is 1. The molecule has 2 heterocycles. The average molecular weight is 408 g/mol. The van der Waals surface area contributed by atoms with Crippen molar-refractivity contribution in [2.45, 2.75) is 6.42 Å². The molecular weight excluding hydrogens is 393 g/mol. The third-order valence-corrected chi connectivity index (χ3v) is 4.89. The van der Waals surface area contributed by atoms with E-state index in [1.54, 1.807) is 41.9 Å². The van der Waals surface area contributed by atoms with Crippen molar-refractivity contribution in [3.05, 3.63) is 63.8 Å². The van der Waals surface area contributed by atoms with E-state index in [9.17, 15) is 4.79 Å². The summed E-state index contributed by atoms with van der Waals surface area (Å²) in [5.74, 6) is 0.200. The van der Waals surface area contributed by atoms with Crippen LogP contribution in [0.5, 0.6) is 5.75 Å². The summed E-state index contributed by atoms with van der Waals surface area (Å²) in [6, 6.07) is 8.70. The van der Waals surface area contributed by atoms with Gasteiger partial charge in [0.25, 0.3) is 5.91 Å². The van der Waals surface area contributed by atoms with Gasteiger partial charge in [-0.05, 0) is 30.3 Å². The Morgan fingerprint density at radius 2 is 2.15 bits per heavy atom. The normalized spacial score (nSPS) is 10.5. The highest BCUT2D eigenvalue weighted by Gasteiger charge is 2.08. The lowest BCUT2D eigenvalue weighted by molar-refractivity contribution is -0.123. The number of pyridine rings is 1. The lowest BCUT2D eigenvalue weighted by Crippen LogP contribution is -2.30. The van der Waals surface area contributed by atoms with Gasteiger partial charge in [0.05, 0.1) is 10.7 Å². The quantitative estimate of drug-likeness (QED) is 0.635. The standard InChI is InChI=1S/C18H15Cl2N3O2S/c19-13-3-4-16(15(20)8-13)25-10-17(24)22-7-5-14-11-26-18(23-14)12-2-1-6-21-9-12/h1-4,6,8-9,11H,5,7,10H2,(H,22,24). The first-order valence-electron chi connectivity index (χ1n) is 7.81. The van der Waals surface area contributed by atoms with Gasteiger partial charge in [-0.1, -0.05) is 23.2 Å². The van der Waals surface area contributed by atoms with Crippen LogP contribution >= 0.6 is 34.5 Å². The summed E-state index contributed by atoms with van der Waals surface area (Å²) in [6.45, 7) is 0.367. The fourth-order valence-electron chi connectivity index (χ4n) is 2.16. The molecule has 0 bridgehead atoms. The number of benzene rings is 1. The van der Waals surface area contributed by atoms with Gasteiger partial charge in [-0.3, -0.25) is 9.78 Å². The monoisotopic (exact) mass is 407 g/mol. The maximum atomic E-state index is 11.9. The molecule has 26 heavy (non-hydrogen) atoms. The molecule has 5 nitrogen and oxygen atoms in total. The second-order valence-electron chi connectivity index (χ2n) is 5.35. The second-order valence-corrected chi connectivity index (χ2v) is 7.05. The van der Waals surface area contributed by atoms with Crippen LogP contribution in [-0.2, 0) is 11.2 Å². The van der Waals surface area contributed by atoms with Crippen LogP contribution < -0.4 is 10.1 Å². The summed E-state index contributed by atoms with van der Waals surface area (Å²) in [6.07, 6.45) is 4.15. The van der Waals surface area contributed by atoms with Gasteiger partial charge in [0.2, 0.25) is 0 Å². The van der Waals surface area contributed by atoms with Crippen molar-refractivity contribution in [2.75, 3.05) is 13.2 Å². The molecule has 0 fully saturated rings. The molecule has 0 aliphatic rings. The average Bonchev–Trinajstić information content (AvgIpc) is 3.11. The van der Waals surface area contributed by atoms with Gasteiger partial charge in [0, 0.05) is 41.3 Å². The van der Waals surface area contributed by atoms with Crippen molar-refractivity contribution >= 4 is 40.4 Å². The molecule has 2 aromatic heterocycles. The van der Waals surface area contributed by atoms with E-state index in [-0.39, 0.29) is 12.5 Å². The Morgan fingerprint density at radius 3 is 2.92 bits per heavy atom. The molecule has 0 spiro atoms. The minimum Gasteiger partial charge on any atom is -0.482 e. The van der Waals surface area contributed by atoms with Crippen molar-refractivity contribution in [2.24, 2.45) is 0 Å². The first kappa shape index (κ1) is 18.6. The molecule has 134 valence electrons. The van der Waals surface area contributed by atoms with Crippen LogP contribution in [0, 0.1) is 0 Å². The molecule has 1 amide bonds. The van der Waals surface area contributed by atoms with Gasteiger partial charge in [0.15, 0.2) is 6.61 Å². The molecule has 1 aromatic carbocycles. The second kappa shape index (κ2) is 8.98. The Labute approximate surface area is 165 Å². The Bertz CT molecular complexity index is 887. The van der Waals surface area contributed by atoms with Crippen LogP contribution in [0.1, 0.15) is 5.69 Å². The van der Waals surface area contributed by atoms with E-state index in [4.69, 9.17) is 27.9 Å². The fraction of sp³-hybridized carbons (Fsp3) is 0.167. The van der Waals surface area contributed by atoms with E-state index in [2.05, 4.69) is 15.3 Å². The molecule has 3 rings (SSSR count). The number of halogens is 2. The summed E-state index contributed by atoms with van der Waals surface area (Å²) in [4.78, 5) is 20.5. The molecule has 8 heteroatoms. The van der Waals surface area contributed by atoms with Crippen LogP contribution in [-0.4, -0.2) is 29.0 Å².